The van der Waals surface area contributed by atoms with Crippen molar-refractivity contribution in [1.82, 2.24) is 20.1 Å². The number of carbonyl (C=O) groups is 2. The van der Waals surface area contributed by atoms with Gasteiger partial charge in [-0.3, -0.25) is 9.59 Å². The summed E-state index contributed by atoms with van der Waals surface area (Å²) in [5.41, 5.74) is 2.74. The van der Waals surface area contributed by atoms with Crippen molar-refractivity contribution in [3.8, 4) is 0 Å². The zero-order valence-corrected chi connectivity index (χ0v) is 19.1. The molecule has 0 saturated carbocycles. The van der Waals surface area contributed by atoms with Crippen LogP contribution >= 0.6 is 0 Å². The van der Waals surface area contributed by atoms with E-state index in [-0.39, 0.29) is 11.8 Å². The van der Waals surface area contributed by atoms with E-state index in [9.17, 15) is 9.59 Å². The van der Waals surface area contributed by atoms with Crippen molar-refractivity contribution in [3.63, 3.8) is 0 Å². The molecule has 3 heterocycles. The second kappa shape index (κ2) is 11.0. The van der Waals surface area contributed by atoms with Gasteiger partial charge in [0.2, 0.25) is 5.91 Å². The molecule has 1 atom stereocenters. The summed E-state index contributed by atoms with van der Waals surface area (Å²) in [6.07, 6.45) is 8.74. The molecule has 0 aromatic carbocycles. The second-order valence-electron chi connectivity index (χ2n) is 9.39. The predicted molar refractivity (Wildman–Crippen MR) is 121 cm³/mol. The lowest BCUT2D eigenvalue weighted by molar-refractivity contribution is -0.122. The van der Waals surface area contributed by atoms with Crippen LogP contribution in [0.3, 0.4) is 0 Å². The number of piperidine rings is 1. The van der Waals surface area contributed by atoms with Gasteiger partial charge in [0.25, 0.3) is 5.91 Å². The van der Waals surface area contributed by atoms with Gasteiger partial charge in [0.15, 0.2) is 0 Å². The van der Waals surface area contributed by atoms with Crippen LogP contribution in [0.1, 0.15) is 80.0 Å². The Bertz CT molecular complexity index is 698. The van der Waals surface area contributed by atoms with Gasteiger partial charge in [-0.1, -0.05) is 12.8 Å². The highest BCUT2D eigenvalue weighted by atomic mass is 16.2. The van der Waals surface area contributed by atoms with Gasteiger partial charge in [0.05, 0.1) is 0 Å². The smallest absolute Gasteiger partial charge is 0.270 e. The Morgan fingerprint density at radius 2 is 1.77 bits per heavy atom. The van der Waals surface area contributed by atoms with Gasteiger partial charge in [-0.05, 0) is 83.5 Å². The molecule has 1 aromatic rings. The fourth-order valence-electron chi connectivity index (χ4n) is 4.92. The SMILES string of the molecule is Cc1cc(C)c(C(=O)N2CCC(CC(=O)NCC[C@H](C)N3CCCCCC3)CC2)[nH]1. The molecule has 168 valence electrons. The molecule has 0 bridgehead atoms. The lowest BCUT2D eigenvalue weighted by atomic mass is 9.93. The summed E-state index contributed by atoms with van der Waals surface area (Å²) in [4.78, 5) is 32.8. The Balaban J connectivity index is 1.34. The summed E-state index contributed by atoms with van der Waals surface area (Å²) in [7, 11) is 0. The number of aromatic amines is 1. The largest absolute Gasteiger partial charge is 0.356 e. The maximum atomic E-state index is 12.7. The van der Waals surface area contributed by atoms with Crippen molar-refractivity contribution in [1.29, 1.82) is 0 Å². The van der Waals surface area contributed by atoms with E-state index in [1.807, 2.05) is 24.8 Å². The molecule has 0 aliphatic carbocycles. The van der Waals surface area contributed by atoms with Crippen LogP contribution in [0.2, 0.25) is 0 Å². The number of H-pyrrole nitrogens is 1. The molecule has 0 unspecified atom stereocenters. The van der Waals surface area contributed by atoms with E-state index in [0.29, 0.717) is 24.1 Å². The molecular formula is C24H40N4O2. The first-order valence-electron chi connectivity index (χ1n) is 11.9. The number of aromatic nitrogens is 1. The van der Waals surface area contributed by atoms with Gasteiger partial charge < -0.3 is 20.1 Å². The monoisotopic (exact) mass is 416 g/mol. The summed E-state index contributed by atoms with van der Waals surface area (Å²) < 4.78 is 0. The van der Waals surface area contributed by atoms with Crippen molar-refractivity contribution in [2.75, 3.05) is 32.7 Å². The van der Waals surface area contributed by atoms with Crippen molar-refractivity contribution in [2.24, 2.45) is 5.92 Å². The van der Waals surface area contributed by atoms with Gasteiger partial charge in [0, 0.05) is 37.8 Å². The van der Waals surface area contributed by atoms with Crippen molar-refractivity contribution in [3.05, 3.63) is 23.0 Å². The number of rotatable bonds is 7. The normalized spacial score (nSPS) is 20.0. The Morgan fingerprint density at radius 3 is 2.37 bits per heavy atom. The molecule has 2 aliphatic heterocycles. The van der Waals surface area contributed by atoms with Gasteiger partial charge in [-0.15, -0.1) is 0 Å². The number of carbonyl (C=O) groups excluding carboxylic acids is 2. The summed E-state index contributed by atoms with van der Waals surface area (Å²) in [6.45, 7) is 10.9. The van der Waals surface area contributed by atoms with E-state index in [1.165, 1.54) is 38.8 Å². The fourth-order valence-corrected chi connectivity index (χ4v) is 4.92. The lowest BCUT2D eigenvalue weighted by Gasteiger charge is -2.32. The van der Waals surface area contributed by atoms with Crippen LogP contribution < -0.4 is 5.32 Å². The van der Waals surface area contributed by atoms with Crippen molar-refractivity contribution in [2.45, 2.75) is 78.2 Å². The van der Waals surface area contributed by atoms with Gasteiger partial charge in [-0.2, -0.15) is 0 Å². The molecule has 2 saturated heterocycles. The maximum Gasteiger partial charge on any atom is 0.270 e. The van der Waals surface area contributed by atoms with E-state index in [1.54, 1.807) is 0 Å². The minimum absolute atomic E-state index is 0.0889. The zero-order chi connectivity index (χ0) is 21.5. The van der Waals surface area contributed by atoms with Crippen LogP contribution in [0.25, 0.3) is 0 Å². The third-order valence-electron chi connectivity index (χ3n) is 6.89. The number of hydrogen-bond acceptors (Lipinski definition) is 3. The number of nitrogens with zero attached hydrogens (tertiary/aromatic N) is 2. The van der Waals surface area contributed by atoms with Crippen LogP contribution in [0, 0.1) is 19.8 Å². The van der Waals surface area contributed by atoms with Crippen molar-refractivity contribution >= 4 is 11.8 Å². The third-order valence-corrected chi connectivity index (χ3v) is 6.89. The molecule has 2 fully saturated rings. The molecule has 0 radical (unpaired) electrons. The summed E-state index contributed by atoms with van der Waals surface area (Å²) in [6, 6.07) is 2.55. The number of likely N-dealkylation sites (tertiary alicyclic amines) is 2. The van der Waals surface area contributed by atoms with Gasteiger partial charge in [0.1, 0.15) is 5.69 Å². The molecule has 3 rings (SSSR count). The molecule has 2 N–H and O–H groups in total. The number of aryl methyl sites for hydroxylation is 2. The van der Waals surface area contributed by atoms with E-state index in [2.05, 4.69) is 22.1 Å². The Kier molecular flexibility index (Phi) is 8.37. The Labute approximate surface area is 181 Å². The molecule has 6 heteroatoms. The van der Waals surface area contributed by atoms with E-state index < -0.39 is 0 Å². The average molecular weight is 417 g/mol. The molecular weight excluding hydrogens is 376 g/mol. The minimum Gasteiger partial charge on any atom is -0.356 e. The van der Waals surface area contributed by atoms with Crippen LogP contribution in [0.5, 0.6) is 0 Å². The first-order valence-corrected chi connectivity index (χ1v) is 11.9. The van der Waals surface area contributed by atoms with Crippen LogP contribution in [0.4, 0.5) is 0 Å². The summed E-state index contributed by atoms with van der Waals surface area (Å²) in [5.74, 6) is 0.633. The quantitative estimate of drug-likeness (QED) is 0.713. The average Bonchev–Trinajstić information content (AvgIpc) is 2.91. The van der Waals surface area contributed by atoms with Gasteiger partial charge in [-0.25, -0.2) is 0 Å². The standard InChI is InChI=1S/C24H40N4O2/c1-18-16-19(2)26-23(18)24(30)28-14-9-21(10-15-28)17-22(29)25-11-8-20(3)27-12-6-4-5-7-13-27/h16,20-21,26H,4-15,17H2,1-3H3,(H,25,29)/t20-/m0/s1. The van der Waals surface area contributed by atoms with E-state index in [4.69, 9.17) is 0 Å². The summed E-state index contributed by atoms with van der Waals surface area (Å²) >= 11 is 0. The van der Waals surface area contributed by atoms with Crippen molar-refractivity contribution < 1.29 is 9.59 Å². The van der Waals surface area contributed by atoms with E-state index >= 15 is 0 Å². The highest BCUT2D eigenvalue weighted by molar-refractivity contribution is 5.94. The van der Waals surface area contributed by atoms with Gasteiger partial charge >= 0.3 is 0 Å². The lowest BCUT2D eigenvalue weighted by Crippen LogP contribution is -2.40. The predicted octanol–water partition coefficient (Wildman–Crippen LogP) is 3.64. The molecule has 0 spiro atoms. The highest BCUT2D eigenvalue weighted by Crippen LogP contribution is 2.23. The number of nitrogens with one attached hydrogen (secondary N) is 2. The molecule has 2 amide bonds. The molecule has 1 aromatic heterocycles. The summed E-state index contributed by atoms with van der Waals surface area (Å²) in [5, 5.41) is 3.13. The highest BCUT2D eigenvalue weighted by Gasteiger charge is 2.26. The number of amides is 2. The topological polar surface area (TPSA) is 68.4 Å². The minimum atomic E-state index is 0.0889. The second-order valence-corrected chi connectivity index (χ2v) is 9.39. The molecule has 6 nitrogen and oxygen atoms in total. The Hall–Kier alpha value is -1.82. The van der Waals surface area contributed by atoms with E-state index in [0.717, 1.165) is 50.2 Å². The third kappa shape index (κ3) is 6.34. The van der Waals surface area contributed by atoms with Crippen LogP contribution in [0.15, 0.2) is 6.07 Å². The first kappa shape index (κ1) is 22.9. The van der Waals surface area contributed by atoms with Crippen LogP contribution in [-0.4, -0.2) is 65.4 Å². The maximum absolute atomic E-state index is 12.7. The Morgan fingerprint density at radius 1 is 1.10 bits per heavy atom. The zero-order valence-electron chi connectivity index (χ0n) is 19.1. The number of hydrogen-bond donors (Lipinski definition) is 2. The van der Waals surface area contributed by atoms with Crippen LogP contribution in [-0.2, 0) is 4.79 Å². The fraction of sp³-hybridized carbons (Fsp3) is 0.750. The molecule has 30 heavy (non-hydrogen) atoms. The first-order chi connectivity index (χ1) is 14.4. The molecule has 2 aliphatic rings.